The molecule has 1 amide bonds. The van der Waals surface area contributed by atoms with Gasteiger partial charge in [0.15, 0.2) is 0 Å². The predicted molar refractivity (Wildman–Crippen MR) is 65.1 cm³/mol. The van der Waals surface area contributed by atoms with E-state index >= 15 is 0 Å². The third-order valence-corrected chi connectivity index (χ3v) is 4.22. The van der Waals surface area contributed by atoms with Crippen LogP contribution in [0.1, 0.15) is 32.6 Å². The Morgan fingerprint density at radius 2 is 2.35 bits per heavy atom. The first-order chi connectivity index (χ1) is 8.20. The molecule has 0 aromatic rings. The summed E-state index contributed by atoms with van der Waals surface area (Å²) in [5.41, 5.74) is -0.691. The fourth-order valence-corrected chi connectivity index (χ4v) is 2.69. The maximum atomic E-state index is 11.9. The van der Waals surface area contributed by atoms with Crippen molar-refractivity contribution in [2.45, 2.75) is 32.6 Å². The van der Waals surface area contributed by atoms with E-state index in [1.54, 1.807) is 0 Å². The topological polar surface area (TPSA) is 56.1 Å². The minimum Gasteiger partial charge on any atom is -0.354 e. The first kappa shape index (κ1) is 12.4. The average molecular weight is 235 g/mol. The summed E-state index contributed by atoms with van der Waals surface area (Å²) >= 11 is 0. The molecule has 1 aliphatic heterocycles. The molecule has 1 aliphatic carbocycles. The molecule has 1 saturated carbocycles. The molecule has 0 spiro atoms. The van der Waals surface area contributed by atoms with E-state index < -0.39 is 5.41 Å². The van der Waals surface area contributed by atoms with Crippen molar-refractivity contribution < 1.29 is 4.79 Å². The van der Waals surface area contributed by atoms with Crippen LogP contribution in [0.25, 0.3) is 0 Å². The zero-order valence-corrected chi connectivity index (χ0v) is 10.5. The smallest absolute Gasteiger partial charge is 0.240 e. The molecule has 4 heteroatoms. The van der Waals surface area contributed by atoms with Crippen LogP contribution < -0.4 is 5.32 Å². The Bertz CT molecular complexity index is 330. The van der Waals surface area contributed by atoms with Crippen molar-refractivity contribution in [2.24, 2.45) is 11.3 Å². The van der Waals surface area contributed by atoms with Gasteiger partial charge in [-0.05, 0) is 44.7 Å². The molecule has 0 aromatic heterocycles. The predicted octanol–water partition coefficient (Wildman–Crippen LogP) is 1.14. The lowest BCUT2D eigenvalue weighted by Crippen LogP contribution is -2.46. The number of carbonyl (C=O) groups excluding carboxylic acids is 1. The third kappa shape index (κ3) is 2.44. The molecule has 1 atom stereocenters. The Kier molecular flexibility index (Phi) is 3.68. The number of nitriles is 1. The average Bonchev–Trinajstić information content (AvgIpc) is 2.73. The Morgan fingerprint density at radius 3 is 2.82 bits per heavy atom. The van der Waals surface area contributed by atoms with Gasteiger partial charge >= 0.3 is 0 Å². The van der Waals surface area contributed by atoms with Crippen LogP contribution in [-0.2, 0) is 4.79 Å². The number of nitrogens with one attached hydrogen (secondary N) is 1. The van der Waals surface area contributed by atoms with E-state index in [1.165, 1.54) is 0 Å². The minimum atomic E-state index is -0.691. The second-order valence-electron chi connectivity index (χ2n) is 5.31. The molecular formula is C13H21N3O. The summed E-state index contributed by atoms with van der Waals surface area (Å²) in [4.78, 5) is 14.3. The van der Waals surface area contributed by atoms with Crippen LogP contribution in [0.3, 0.4) is 0 Å². The van der Waals surface area contributed by atoms with Gasteiger partial charge in [0.1, 0.15) is 5.41 Å². The van der Waals surface area contributed by atoms with Gasteiger partial charge in [-0.15, -0.1) is 0 Å². The van der Waals surface area contributed by atoms with Crippen molar-refractivity contribution in [3.05, 3.63) is 0 Å². The highest BCUT2D eigenvalue weighted by Crippen LogP contribution is 2.40. The molecule has 2 fully saturated rings. The minimum absolute atomic E-state index is 0.0406. The standard InChI is InChI=1S/C13H21N3O/c1-2-16-7-4-11(9-16)8-15-12(17)13(10-14)5-3-6-13/h11H,2-9H2,1H3,(H,15,17). The van der Waals surface area contributed by atoms with Gasteiger partial charge in [0.25, 0.3) is 0 Å². The van der Waals surface area contributed by atoms with E-state index in [9.17, 15) is 4.79 Å². The lowest BCUT2D eigenvalue weighted by molar-refractivity contribution is -0.131. The normalized spacial score (nSPS) is 27.2. The lowest BCUT2D eigenvalue weighted by atomic mass is 9.69. The van der Waals surface area contributed by atoms with Crippen molar-refractivity contribution in [1.29, 1.82) is 5.26 Å². The third-order valence-electron chi connectivity index (χ3n) is 4.22. The number of nitrogens with zero attached hydrogens (tertiary/aromatic N) is 2. The molecule has 1 unspecified atom stereocenters. The molecular weight excluding hydrogens is 214 g/mol. The van der Waals surface area contributed by atoms with E-state index in [0.29, 0.717) is 5.92 Å². The van der Waals surface area contributed by atoms with E-state index in [1.807, 2.05) is 0 Å². The summed E-state index contributed by atoms with van der Waals surface area (Å²) in [6, 6.07) is 2.19. The van der Waals surface area contributed by atoms with E-state index in [0.717, 1.165) is 51.9 Å². The molecule has 2 rings (SSSR count). The fourth-order valence-electron chi connectivity index (χ4n) is 2.69. The molecule has 94 valence electrons. The van der Waals surface area contributed by atoms with Gasteiger partial charge in [0.2, 0.25) is 5.91 Å². The summed E-state index contributed by atoms with van der Waals surface area (Å²) in [5.74, 6) is 0.524. The van der Waals surface area contributed by atoms with Crippen LogP contribution in [0.15, 0.2) is 0 Å². The number of carbonyl (C=O) groups is 1. The van der Waals surface area contributed by atoms with Crippen LogP contribution in [0.5, 0.6) is 0 Å². The van der Waals surface area contributed by atoms with Gasteiger partial charge in [-0.1, -0.05) is 6.92 Å². The molecule has 1 N–H and O–H groups in total. The Labute approximate surface area is 103 Å². The summed E-state index contributed by atoms with van der Waals surface area (Å²) in [6.45, 7) is 6.21. The molecule has 1 heterocycles. The highest BCUT2D eigenvalue weighted by molar-refractivity contribution is 5.86. The van der Waals surface area contributed by atoms with Crippen LogP contribution in [0, 0.1) is 22.7 Å². The van der Waals surface area contributed by atoms with Crippen LogP contribution in [0.4, 0.5) is 0 Å². The van der Waals surface area contributed by atoms with Crippen molar-refractivity contribution in [2.75, 3.05) is 26.2 Å². The van der Waals surface area contributed by atoms with Crippen molar-refractivity contribution in [3.8, 4) is 6.07 Å². The first-order valence-electron chi connectivity index (χ1n) is 6.62. The molecule has 17 heavy (non-hydrogen) atoms. The van der Waals surface area contributed by atoms with Gasteiger partial charge in [0, 0.05) is 13.1 Å². The van der Waals surface area contributed by atoms with Gasteiger partial charge in [-0.3, -0.25) is 4.79 Å². The monoisotopic (exact) mass is 235 g/mol. The number of hydrogen-bond donors (Lipinski definition) is 1. The Hall–Kier alpha value is -1.08. The largest absolute Gasteiger partial charge is 0.354 e. The quantitative estimate of drug-likeness (QED) is 0.795. The maximum absolute atomic E-state index is 11.9. The highest BCUT2D eigenvalue weighted by Gasteiger charge is 2.44. The molecule has 4 nitrogen and oxygen atoms in total. The lowest BCUT2D eigenvalue weighted by Gasteiger charge is -2.33. The number of likely N-dealkylation sites (tertiary alicyclic amines) is 1. The van der Waals surface area contributed by atoms with Crippen molar-refractivity contribution in [3.63, 3.8) is 0 Å². The molecule has 0 radical (unpaired) electrons. The molecule has 1 saturated heterocycles. The van der Waals surface area contributed by atoms with Gasteiger partial charge in [-0.25, -0.2) is 0 Å². The fraction of sp³-hybridized carbons (Fsp3) is 0.846. The summed E-state index contributed by atoms with van der Waals surface area (Å²) in [6.07, 6.45) is 3.64. The second-order valence-corrected chi connectivity index (χ2v) is 5.31. The Balaban J connectivity index is 1.76. The summed E-state index contributed by atoms with van der Waals surface area (Å²) in [5, 5.41) is 12.0. The van der Waals surface area contributed by atoms with Gasteiger partial charge in [-0.2, -0.15) is 5.26 Å². The zero-order valence-electron chi connectivity index (χ0n) is 10.5. The van der Waals surface area contributed by atoms with E-state index in [2.05, 4.69) is 23.2 Å². The zero-order chi connectivity index (χ0) is 12.3. The first-order valence-corrected chi connectivity index (χ1v) is 6.62. The van der Waals surface area contributed by atoms with Crippen LogP contribution in [-0.4, -0.2) is 37.0 Å². The highest BCUT2D eigenvalue weighted by atomic mass is 16.2. The van der Waals surface area contributed by atoms with E-state index in [4.69, 9.17) is 5.26 Å². The number of rotatable bonds is 4. The summed E-state index contributed by atoms with van der Waals surface area (Å²) < 4.78 is 0. The van der Waals surface area contributed by atoms with Gasteiger partial charge in [0.05, 0.1) is 6.07 Å². The molecule has 2 aliphatic rings. The number of hydrogen-bond acceptors (Lipinski definition) is 3. The van der Waals surface area contributed by atoms with Crippen molar-refractivity contribution in [1.82, 2.24) is 10.2 Å². The van der Waals surface area contributed by atoms with Crippen molar-refractivity contribution >= 4 is 5.91 Å². The van der Waals surface area contributed by atoms with Gasteiger partial charge < -0.3 is 10.2 Å². The SMILES string of the molecule is CCN1CCC(CNC(=O)C2(C#N)CCC2)C1. The molecule has 0 aromatic carbocycles. The van der Waals surface area contributed by atoms with Crippen LogP contribution in [0.2, 0.25) is 0 Å². The number of amides is 1. The maximum Gasteiger partial charge on any atom is 0.240 e. The Morgan fingerprint density at radius 1 is 1.59 bits per heavy atom. The van der Waals surface area contributed by atoms with E-state index in [-0.39, 0.29) is 5.91 Å². The molecule has 0 bridgehead atoms. The van der Waals surface area contributed by atoms with Crippen LogP contribution >= 0.6 is 0 Å². The second kappa shape index (κ2) is 5.05. The summed E-state index contributed by atoms with van der Waals surface area (Å²) in [7, 11) is 0.